The topological polar surface area (TPSA) is 121 Å². The van der Waals surface area contributed by atoms with Crippen LogP contribution in [-0.4, -0.2) is 24.4 Å². The van der Waals surface area contributed by atoms with Crippen molar-refractivity contribution in [1.82, 2.24) is 0 Å². The van der Waals surface area contributed by atoms with Gasteiger partial charge in [-0.3, -0.25) is 0 Å². The molecule has 0 saturated heterocycles. The summed E-state index contributed by atoms with van der Waals surface area (Å²) in [4.78, 5) is 35.8. The number of carbonyl (C=O) groups excluding carboxylic acids is 1. The summed E-state index contributed by atoms with van der Waals surface area (Å²) in [5.41, 5.74) is 2.12. The van der Waals surface area contributed by atoms with Crippen molar-refractivity contribution in [3.8, 4) is 0 Å². The number of carboxylic acids is 1. The maximum atomic E-state index is 12.8. The smallest absolute Gasteiger partial charge is 0.0715 e. The van der Waals surface area contributed by atoms with Crippen LogP contribution in [0.3, 0.4) is 0 Å². The molecule has 0 atom stereocenters. The maximum Gasteiger partial charge on any atom is 0.0715 e. The van der Waals surface area contributed by atoms with Crippen molar-refractivity contribution >= 4 is 62.7 Å². The molecule has 5 rings (SSSR count). The van der Waals surface area contributed by atoms with Crippen molar-refractivity contribution in [3.05, 3.63) is 115 Å². The van der Waals surface area contributed by atoms with E-state index in [0.717, 1.165) is 11.1 Å². The Kier molecular flexibility index (Phi) is 7.42. The standard InChI is InChI=1S/C20H15O5Se.C7H5ClO2/c1-11-5-3-7-13-17(21)15(9-24-19(11)13)26(23)16-10-25-20-12(2)6-4-8-14(20)18(16)22;8-6-3-1-2-5(4-6)7(9)10/h3-10,23H,1-2H3;1-4H,(H,9,10)/q+1;/p-1. The molecule has 2 aromatic heterocycles. The molecule has 9 heteroatoms. The number of para-hydroxylation sites is 2. The predicted molar refractivity (Wildman–Crippen MR) is 137 cm³/mol. The summed E-state index contributed by atoms with van der Waals surface area (Å²) in [5.74, 6) is -1.21. The van der Waals surface area contributed by atoms with E-state index in [1.807, 2.05) is 26.0 Å². The summed E-state index contributed by atoms with van der Waals surface area (Å²) in [7, 11) is 0. The molecular weight excluding hydrogens is 551 g/mol. The van der Waals surface area contributed by atoms with E-state index in [2.05, 4.69) is 0 Å². The van der Waals surface area contributed by atoms with E-state index < -0.39 is 20.2 Å². The fourth-order valence-electron chi connectivity index (χ4n) is 3.57. The average molecular weight is 570 g/mol. The van der Waals surface area contributed by atoms with Crippen LogP contribution in [0.25, 0.3) is 21.9 Å². The quantitative estimate of drug-likeness (QED) is 0.331. The first-order valence-corrected chi connectivity index (χ1v) is 13.5. The number of benzene rings is 3. The molecule has 0 fully saturated rings. The predicted octanol–water partition coefficient (Wildman–Crippen LogP) is 2.32. The van der Waals surface area contributed by atoms with Crippen molar-refractivity contribution in [3.63, 3.8) is 0 Å². The van der Waals surface area contributed by atoms with Gasteiger partial charge in [0.15, 0.2) is 0 Å². The fourth-order valence-corrected chi connectivity index (χ4v) is 6.04. The number of hydrogen-bond acceptors (Lipinski definition) is 7. The number of halogens is 1. The van der Waals surface area contributed by atoms with E-state index in [1.165, 1.54) is 24.7 Å². The zero-order chi connectivity index (χ0) is 26.0. The SMILES string of the molecule is Cc1cccc2c(=O)c([Se+](O)c3coc4c(C)cccc4c3=O)coc12.O=C([O-])c1cccc(Cl)c1. The zero-order valence-electron chi connectivity index (χ0n) is 19.1. The van der Waals surface area contributed by atoms with Crippen LogP contribution in [0.5, 0.6) is 0 Å². The third-order valence-corrected chi connectivity index (χ3v) is 8.57. The molecule has 0 aliphatic heterocycles. The minimum Gasteiger partial charge on any atom is -0.545 e. The molecule has 182 valence electrons. The molecule has 7 nitrogen and oxygen atoms in total. The van der Waals surface area contributed by atoms with Gasteiger partial charge in [0.25, 0.3) is 0 Å². The second kappa shape index (κ2) is 10.5. The molecule has 5 aromatic rings. The van der Waals surface area contributed by atoms with Gasteiger partial charge in [0.2, 0.25) is 0 Å². The maximum absolute atomic E-state index is 12.8. The van der Waals surface area contributed by atoms with E-state index in [0.29, 0.717) is 27.0 Å². The van der Waals surface area contributed by atoms with Gasteiger partial charge in [0.05, 0.1) is 5.97 Å². The van der Waals surface area contributed by atoms with Crippen LogP contribution >= 0.6 is 11.6 Å². The van der Waals surface area contributed by atoms with Gasteiger partial charge in [0.1, 0.15) is 0 Å². The monoisotopic (exact) mass is 570 g/mol. The van der Waals surface area contributed by atoms with E-state index in [1.54, 1.807) is 36.4 Å². The first-order valence-electron chi connectivity index (χ1n) is 10.6. The van der Waals surface area contributed by atoms with Gasteiger partial charge < -0.3 is 9.90 Å². The van der Waals surface area contributed by atoms with Crippen LogP contribution in [0.4, 0.5) is 0 Å². The van der Waals surface area contributed by atoms with Crippen LogP contribution in [0.15, 0.2) is 91.6 Å². The van der Waals surface area contributed by atoms with Gasteiger partial charge in [-0.2, -0.15) is 0 Å². The Balaban J connectivity index is 0.000000256. The second-order valence-corrected chi connectivity index (χ2v) is 11.3. The van der Waals surface area contributed by atoms with Crippen molar-refractivity contribution in [2.24, 2.45) is 0 Å². The normalized spacial score (nSPS) is 10.9. The van der Waals surface area contributed by atoms with Gasteiger partial charge in [0, 0.05) is 5.02 Å². The minimum absolute atomic E-state index is 0.104. The van der Waals surface area contributed by atoms with Crippen molar-refractivity contribution in [2.45, 2.75) is 13.8 Å². The van der Waals surface area contributed by atoms with Gasteiger partial charge in [-0.1, -0.05) is 23.7 Å². The molecule has 0 bridgehead atoms. The van der Waals surface area contributed by atoms with E-state index in [-0.39, 0.29) is 25.3 Å². The number of carboxylic acid groups (broad SMARTS) is 1. The molecule has 0 radical (unpaired) electrons. The first kappa shape index (κ1) is 25.4. The van der Waals surface area contributed by atoms with E-state index in [4.69, 9.17) is 20.4 Å². The van der Waals surface area contributed by atoms with Crippen molar-refractivity contribution < 1.29 is 22.9 Å². The Morgan fingerprint density at radius 2 is 1.31 bits per heavy atom. The Bertz CT molecular complexity index is 1620. The molecule has 0 amide bonds. The summed E-state index contributed by atoms with van der Waals surface area (Å²) >= 11 is 2.60. The minimum atomic E-state index is -2.89. The summed E-state index contributed by atoms with van der Waals surface area (Å²) < 4.78 is 22.2. The largest absolute Gasteiger partial charge is 0.545 e. The number of fused-ring (bicyclic) bond motifs is 2. The van der Waals surface area contributed by atoms with Crippen LogP contribution < -0.4 is 24.9 Å². The zero-order valence-corrected chi connectivity index (χ0v) is 21.6. The van der Waals surface area contributed by atoms with E-state index in [9.17, 15) is 23.7 Å². The third kappa shape index (κ3) is 4.98. The van der Waals surface area contributed by atoms with Crippen LogP contribution in [-0.2, 0) is 0 Å². The van der Waals surface area contributed by atoms with E-state index >= 15 is 0 Å². The molecule has 0 unspecified atom stereocenters. The van der Waals surface area contributed by atoms with Crippen molar-refractivity contribution in [1.29, 1.82) is 0 Å². The summed E-state index contributed by atoms with van der Waals surface area (Å²) in [6.07, 6.45) is 2.53. The van der Waals surface area contributed by atoms with Crippen LogP contribution in [0, 0.1) is 13.8 Å². The molecule has 3 aromatic carbocycles. The summed E-state index contributed by atoms with van der Waals surface area (Å²) in [5, 5.41) is 11.4. The number of rotatable bonds is 3. The van der Waals surface area contributed by atoms with Crippen LogP contribution in [0.2, 0.25) is 5.02 Å². The number of aryl methyl sites for hydroxylation is 2. The van der Waals surface area contributed by atoms with Gasteiger partial charge in [-0.15, -0.1) is 0 Å². The Morgan fingerprint density at radius 3 is 1.72 bits per heavy atom. The molecule has 0 aliphatic rings. The van der Waals surface area contributed by atoms with Gasteiger partial charge >= 0.3 is 152 Å². The number of aromatic carboxylic acids is 1. The Hall–Kier alpha value is -3.68. The summed E-state index contributed by atoms with van der Waals surface area (Å²) in [6.45, 7) is 3.69. The van der Waals surface area contributed by atoms with Gasteiger partial charge in [-0.25, -0.2) is 0 Å². The number of hydrogen-bond donors (Lipinski definition) is 1. The number of carbonyl (C=O) groups is 1. The molecular formula is C27H19ClO7Se. The summed E-state index contributed by atoms with van der Waals surface area (Å²) in [6, 6.07) is 16.5. The fraction of sp³-hybridized carbons (Fsp3) is 0.0741. The molecule has 0 aliphatic carbocycles. The molecule has 2 heterocycles. The third-order valence-electron chi connectivity index (χ3n) is 5.41. The molecule has 0 spiro atoms. The van der Waals surface area contributed by atoms with Crippen LogP contribution in [0.1, 0.15) is 21.5 Å². The molecule has 0 saturated carbocycles. The average Bonchev–Trinajstić information content (AvgIpc) is 2.86. The molecule has 36 heavy (non-hydrogen) atoms. The Morgan fingerprint density at radius 1 is 0.833 bits per heavy atom. The Labute approximate surface area is 214 Å². The molecule has 1 N–H and O–H groups in total. The van der Waals surface area contributed by atoms with Gasteiger partial charge in [-0.05, 0) is 17.7 Å². The second-order valence-electron chi connectivity index (χ2n) is 7.84. The van der Waals surface area contributed by atoms with Crippen molar-refractivity contribution in [2.75, 3.05) is 0 Å². The first-order chi connectivity index (χ1) is 17.2.